The first-order valence-corrected chi connectivity index (χ1v) is 9.32. The van der Waals surface area contributed by atoms with Crippen molar-refractivity contribution in [3.05, 3.63) is 27.7 Å². The van der Waals surface area contributed by atoms with Crippen LogP contribution in [0.25, 0.3) is 0 Å². The van der Waals surface area contributed by atoms with Gasteiger partial charge in [-0.1, -0.05) is 29.3 Å². The molecule has 0 saturated heterocycles. The van der Waals surface area contributed by atoms with Crippen molar-refractivity contribution in [3.8, 4) is 0 Å². The summed E-state index contributed by atoms with van der Waals surface area (Å²) >= 11 is 3.25. The van der Waals surface area contributed by atoms with Crippen LogP contribution in [0.15, 0.2) is 21.5 Å². The highest BCUT2D eigenvalue weighted by Crippen LogP contribution is 2.28. The molecule has 1 aromatic rings. The van der Waals surface area contributed by atoms with Gasteiger partial charge in [0.05, 0.1) is 4.90 Å². The monoisotopic (exact) mass is 381 g/mol. The van der Waals surface area contributed by atoms with E-state index in [1.54, 1.807) is 13.0 Å². The molecule has 0 spiro atoms. The number of hydrogen-bond donors (Lipinski definition) is 1. The first-order chi connectivity index (χ1) is 9.16. The first-order valence-electron chi connectivity index (χ1n) is 6.22. The summed E-state index contributed by atoms with van der Waals surface area (Å²) in [5.74, 6) is -0.312. The van der Waals surface area contributed by atoms with Crippen LogP contribution in [0.3, 0.4) is 0 Å². The second-order valence-corrected chi connectivity index (χ2v) is 8.07. The molecular formula is C13H17BrClNO3S. The molecule has 0 aliphatic heterocycles. The molecule has 0 saturated carbocycles. The van der Waals surface area contributed by atoms with Crippen LogP contribution in [0.4, 0.5) is 0 Å². The van der Waals surface area contributed by atoms with E-state index in [9.17, 15) is 13.2 Å². The van der Waals surface area contributed by atoms with E-state index in [4.69, 9.17) is 10.7 Å². The van der Waals surface area contributed by atoms with Gasteiger partial charge in [0.15, 0.2) is 0 Å². The van der Waals surface area contributed by atoms with Gasteiger partial charge in [-0.3, -0.25) is 4.79 Å². The van der Waals surface area contributed by atoms with Gasteiger partial charge in [-0.15, -0.1) is 0 Å². The highest BCUT2D eigenvalue weighted by atomic mass is 79.9. The Kier molecular flexibility index (Phi) is 6.04. The number of halogens is 2. The van der Waals surface area contributed by atoms with Gasteiger partial charge in [-0.25, -0.2) is 8.42 Å². The SMILES string of the molecule is CCCC(C)NC(=O)c1cc(Br)c(C)c(S(=O)(=O)Cl)c1. The maximum Gasteiger partial charge on any atom is 0.261 e. The lowest BCUT2D eigenvalue weighted by Gasteiger charge is -2.14. The summed E-state index contributed by atoms with van der Waals surface area (Å²) in [5, 5.41) is 2.82. The van der Waals surface area contributed by atoms with Crippen molar-refractivity contribution in [3.63, 3.8) is 0 Å². The van der Waals surface area contributed by atoms with Crippen molar-refractivity contribution in [2.75, 3.05) is 0 Å². The molecule has 112 valence electrons. The number of amides is 1. The van der Waals surface area contributed by atoms with Crippen molar-refractivity contribution < 1.29 is 13.2 Å². The highest BCUT2D eigenvalue weighted by molar-refractivity contribution is 9.10. The maximum atomic E-state index is 12.1. The maximum absolute atomic E-state index is 12.1. The summed E-state index contributed by atoms with van der Waals surface area (Å²) < 4.78 is 23.6. The molecule has 1 aromatic carbocycles. The summed E-state index contributed by atoms with van der Waals surface area (Å²) in [6, 6.07) is 2.93. The third kappa shape index (κ3) is 4.46. The minimum Gasteiger partial charge on any atom is -0.350 e. The average Bonchev–Trinajstić information content (AvgIpc) is 2.30. The summed E-state index contributed by atoms with van der Waals surface area (Å²) in [5.41, 5.74) is 0.753. The lowest BCUT2D eigenvalue weighted by atomic mass is 10.1. The molecule has 1 rings (SSSR count). The molecule has 7 heteroatoms. The van der Waals surface area contributed by atoms with Crippen molar-refractivity contribution in [1.29, 1.82) is 0 Å². The van der Waals surface area contributed by atoms with Crippen LogP contribution in [0.1, 0.15) is 42.6 Å². The fraction of sp³-hybridized carbons (Fsp3) is 0.462. The Labute approximate surface area is 132 Å². The molecule has 0 heterocycles. The molecule has 4 nitrogen and oxygen atoms in total. The lowest BCUT2D eigenvalue weighted by molar-refractivity contribution is 0.0938. The molecule has 1 unspecified atom stereocenters. The summed E-state index contributed by atoms with van der Waals surface area (Å²) in [6.45, 7) is 5.56. The van der Waals surface area contributed by atoms with Crippen LogP contribution in [0, 0.1) is 6.92 Å². The molecule has 0 aromatic heterocycles. The third-order valence-electron chi connectivity index (χ3n) is 2.92. The molecular weight excluding hydrogens is 366 g/mol. The molecule has 1 amide bonds. The standard InChI is InChI=1S/C13H17BrClNO3S/c1-4-5-8(2)16-13(17)10-6-11(14)9(3)12(7-10)20(15,18)19/h6-8H,4-5H2,1-3H3,(H,16,17). The van der Waals surface area contributed by atoms with Crippen molar-refractivity contribution >= 4 is 41.6 Å². The molecule has 0 aliphatic rings. The van der Waals surface area contributed by atoms with E-state index in [-0.39, 0.29) is 22.4 Å². The molecule has 0 radical (unpaired) electrons. The predicted octanol–water partition coefficient (Wildman–Crippen LogP) is 3.60. The van der Waals surface area contributed by atoms with E-state index >= 15 is 0 Å². The van der Waals surface area contributed by atoms with E-state index < -0.39 is 9.05 Å². The Balaban J connectivity index is 3.15. The molecule has 1 N–H and O–H groups in total. The van der Waals surface area contributed by atoms with Crippen molar-refractivity contribution in [2.45, 2.75) is 44.6 Å². The second kappa shape index (κ2) is 6.91. The summed E-state index contributed by atoms with van der Waals surface area (Å²) in [6.07, 6.45) is 1.82. The van der Waals surface area contributed by atoms with Gasteiger partial charge in [0.2, 0.25) is 0 Å². The van der Waals surface area contributed by atoms with Gasteiger partial charge in [-0.05, 0) is 38.0 Å². The lowest BCUT2D eigenvalue weighted by Crippen LogP contribution is -2.32. The number of benzene rings is 1. The Morgan fingerprint density at radius 3 is 2.55 bits per heavy atom. The Bertz CT molecular complexity index is 616. The zero-order chi connectivity index (χ0) is 15.5. The zero-order valence-electron chi connectivity index (χ0n) is 11.5. The van der Waals surface area contributed by atoms with E-state index in [2.05, 4.69) is 21.2 Å². The Morgan fingerprint density at radius 2 is 2.05 bits per heavy atom. The van der Waals surface area contributed by atoms with E-state index in [0.29, 0.717) is 10.0 Å². The van der Waals surface area contributed by atoms with Crippen LogP contribution < -0.4 is 5.32 Å². The Morgan fingerprint density at radius 1 is 1.45 bits per heavy atom. The van der Waals surface area contributed by atoms with Crippen molar-refractivity contribution in [1.82, 2.24) is 5.32 Å². The van der Waals surface area contributed by atoms with Crippen LogP contribution >= 0.6 is 26.6 Å². The smallest absolute Gasteiger partial charge is 0.261 e. The van der Waals surface area contributed by atoms with Gasteiger partial charge in [-0.2, -0.15) is 0 Å². The number of rotatable bonds is 5. The molecule has 0 fully saturated rings. The second-order valence-electron chi connectivity index (χ2n) is 4.68. The molecule has 20 heavy (non-hydrogen) atoms. The normalized spacial score (nSPS) is 13.1. The van der Waals surface area contributed by atoms with Gasteiger partial charge in [0.1, 0.15) is 0 Å². The van der Waals surface area contributed by atoms with Crippen LogP contribution in [-0.4, -0.2) is 20.4 Å². The van der Waals surface area contributed by atoms with Crippen LogP contribution in [0.2, 0.25) is 0 Å². The molecule has 1 atom stereocenters. The van der Waals surface area contributed by atoms with Crippen LogP contribution in [0.5, 0.6) is 0 Å². The quantitative estimate of drug-likeness (QED) is 0.791. The number of hydrogen-bond acceptors (Lipinski definition) is 3. The first kappa shape index (κ1) is 17.5. The highest BCUT2D eigenvalue weighted by Gasteiger charge is 2.19. The van der Waals surface area contributed by atoms with E-state index in [1.807, 2.05) is 13.8 Å². The van der Waals surface area contributed by atoms with E-state index in [1.165, 1.54) is 6.07 Å². The fourth-order valence-corrected chi connectivity index (χ4v) is 3.67. The van der Waals surface area contributed by atoms with Crippen molar-refractivity contribution in [2.24, 2.45) is 0 Å². The topological polar surface area (TPSA) is 63.2 Å². The zero-order valence-corrected chi connectivity index (χ0v) is 14.7. The number of nitrogens with one attached hydrogen (secondary N) is 1. The minimum atomic E-state index is -3.89. The van der Waals surface area contributed by atoms with Crippen LogP contribution in [-0.2, 0) is 9.05 Å². The number of carbonyl (C=O) groups excluding carboxylic acids is 1. The largest absolute Gasteiger partial charge is 0.350 e. The molecule has 0 aliphatic carbocycles. The van der Waals surface area contributed by atoms with Gasteiger partial charge in [0.25, 0.3) is 15.0 Å². The summed E-state index contributed by atoms with van der Waals surface area (Å²) in [7, 11) is 1.50. The van der Waals surface area contributed by atoms with Gasteiger partial charge in [0, 0.05) is 26.8 Å². The molecule has 0 bridgehead atoms. The Hall–Kier alpha value is -0.590. The van der Waals surface area contributed by atoms with Gasteiger partial charge < -0.3 is 5.32 Å². The predicted molar refractivity (Wildman–Crippen MR) is 83.8 cm³/mol. The minimum absolute atomic E-state index is 0.0311. The fourth-order valence-electron chi connectivity index (χ4n) is 1.85. The average molecular weight is 383 g/mol. The van der Waals surface area contributed by atoms with E-state index in [0.717, 1.165) is 12.8 Å². The summed E-state index contributed by atoms with van der Waals surface area (Å²) in [4.78, 5) is 12.0. The third-order valence-corrected chi connectivity index (χ3v) is 5.19. The number of carbonyl (C=O) groups is 1. The van der Waals surface area contributed by atoms with Gasteiger partial charge >= 0.3 is 0 Å².